The van der Waals surface area contributed by atoms with E-state index in [1.807, 2.05) is 0 Å². The largest absolute Gasteiger partial charge is 0.394 e. The SMILES string of the molecule is CS(=O)(=O)OC(CO)CO. The van der Waals surface area contributed by atoms with E-state index in [1.165, 1.54) is 0 Å². The van der Waals surface area contributed by atoms with E-state index in [9.17, 15) is 8.42 Å². The Kier molecular flexibility index (Phi) is 3.80. The van der Waals surface area contributed by atoms with Crippen LogP contribution in [0.25, 0.3) is 0 Å². The maximum absolute atomic E-state index is 10.3. The van der Waals surface area contributed by atoms with Crippen molar-refractivity contribution in [2.75, 3.05) is 19.5 Å². The zero-order chi connectivity index (χ0) is 8.20. The van der Waals surface area contributed by atoms with Gasteiger partial charge in [-0.3, -0.25) is 4.18 Å². The zero-order valence-electron chi connectivity index (χ0n) is 5.52. The van der Waals surface area contributed by atoms with Crippen molar-refractivity contribution >= 4 is 10.1 Å². The highest BCUT2D eigenvalue weighted by Gasteiger charge is 2.12. The first-order chi connectivity index (χ1) is 4.49. The summed E-state index contributed by atoms with van der Waals surface area (Å²) in [5.74, 6) is 0. The third-order valence-corrected chi connectivity index (χ3v) is 1.34. The summed E-state index contributed by atoms with van der Waals surface area (Å²) >= 11 is 0. The van der Waals surface area contributed by atoms with Crippen molar-refractivity contribution in [2.45, 2.75) is 6.10 Å². The average Bonchev–Trinajstić information content (AvgIpc) is 1.81. The Balaban J connectivity index is 3.87. The van der Waals surface area contributed by atoms with Crippen LogP contribution in [0.15, 0.2) is 0 Å². The molecule has 0 aliphatic carbocycles. The van der Waals surface area contributed by atoms with Gasteiger partial charge >= 0.3 is 0 Å². The van der Waals surface area contributed by atoms with Gasteiger partial charge in [-0.2, -0.15) is 8.42 Å². The third-order valence-electron chi connectivity index (χ3n) is 0.718. The van der Waals surface area contributed by atoms with Crippen LogP contribution in [-0.4, -0.2) is 44.2 Å². The molecule has 0 radical (unpaired) electrons. The lowest BCUT2D eigenvalue weighted by Crippen LogP contribution is -2.24. The molecule has 0 unspecified atom stereocenters. The van der Waals surface area contributed by atoms with E-state index in [0.29, 0.717) is 0 Å². The molecule has 0 saturated carbocycles. The van der Waals surface area contributed by atoms with E-state index in [-0.39, 0.29) is 0 Å². The van der Waals surface area contributed by atoms with Crippen LogP contribution in [0.3, 0.4) is 0 Å². The maximum Gasteiger partial charge on any atom is 0.264 e. The van der Waals surface area contributed by atoms with Crippen molar-refractivity contribution in [3.8, 4) is 0 Å². The van der Waals surface area contributed by atoms with Crippen LogP contribution >= 0.6 is 0 Å². The average molecular weight is 170 g/mol. The number of aliphatic hydroxyl groups excluding tert-OH is 2. The van der Waals surface area contributed by atoms with Crippen molar-refractivity contribution in [2.24, 2.45) is 0 Å². The van der Waals surface area contributed by atoms with Crippen LogP contribution in [0.1, 0.15) is 0 Å². The molecule has 10 heavy (non-hydrogen) atoms. The van der Waals surface area contributed by atoms with Gasteiger partial charge in [-0.1, -0.05) is 0 Å². The van der Waals surface area contributed by atoms with Gasteiger partial charge in [0.25, 0.3) is 10.1 Å². The highest BCUT2D eigenvalue weighted by atomic mass is 32.2. The minimum absolute atomic E-state index is 0.510. The van der Waals surface area contributed by atoms with Crippen LogP contribution in [0.5, 0.6) is 0 Å². The zero-order valence-corrected chi connectivity index (χ0v) is 6.34. The second-order valence-corrected chi connectivity index (χ2v) is 3.39. The van der Waals surface area contributed by atoms with Crippen molar-refractivity contribution in [3.63, 3.8) is 0 Å². The second kappa shape index (κ2) is 3.87. The minimum Gasteiger partial charge on any atom is -0.394 e. The lowest BCUT2D eigenvalue weighted by Gasteiger charge is -2.08. The quantitative estimate of drug-likeness (QED) is 0.492. The monoisotopic (exact) mass is 170 g/mol. The molecular weight excluding hydrogens is 160 g/mol. The Morgan fingerprint density at radius 3 is 1.90 bits per heavy atom. The van der Waals surface area contributed by atoms with E-state index in [2.05, 4.69) is 4.18 Å². The first-order valence-corrected chi connectivity index (χ1v) is 4.41. The van der Waals surface area contributed by atoms with E-state index in [4.69, 9.17) is 10.2 Å². The predicted octanol–water partition coefficient (Wildman–Crippen LogP) is -1.68. The van der Waals surface area contributed by atoms with E-state index < -0.39 is 29.4 Å². The molecule has 5 nitrogen and oxygen atoms in total. The number of hydrogen-bond acceptors (Lipinski definition) is 5. The van der Waals surface area contributed by atoms with Gasteiger partial charge in [-0.15, -0.1) is 0 Å². The standard InChI is InChI=1S/C4H10O5S/c1-10(7,8)9-4(2-5)3-6/h4-6H,2-3H2,1H3. The van der Waals surface area contributed by atoms with Crippen molar-refractivity contribution < 1.29 is 22.8 Å². The van der Waals surface area contributed by atoms with Gasteiger partial charge in [0.2, 0.25) is 0 Å². The number of rotatable bonds is 4. The summed E-state index contributed by atoms with van der Waals surface area (Å²) < 4.78 is 24.8. The predicted molar refractivity (Wildman–Crippen MR) is 33.9 cm³/mol. The molecule has 6 heteroatoms. The molecule has 0 spiro atoms. The Labute approximate surface area is 59.4 Å². The lowest BCUT2D eigenvalue weighted by atomic mass is 10.4. The van der Waals surface area contributed by atoms with Crippen molar-refractivity contribution in [3.05, 3.63) is 0 Å². The van der Waals surface area contributed by atoms with Crippen LogP contribution in [0, 0.1) is 0 Å². The summed E-state index contributed by atoms with van der Waals surface area (Å²) in [6.45, 7) is -1.02. The van der Waals surface area contributed by atoms with Crippen LogP contribution in [0.2, 0.25) is 0 Å². The first kappa shape index (κ1) is 9.83. The minimum atomic E-state index is -3.57. The summed E-state index contributed by atoms with van der Waals surface area (Å²) in [5.41, 5.74) is 0. The molecule has 0 aromatic rings. The van der Waals surface area contributed by atoms with Gasteiger partial charge in [-0.05, 0) is 0 Å². The van der Waals surface area contributed by atoms with Crippen molar-refractivity contribution in [1.29, 1.82) is 0 Å². The van der Waals surface area contributed by atoms with Gasteiger partial charge in [0, 0.05) is 0 Å². The molecule has 0 aromatic heterocycles. The second-order valence-electron chi connectivity index (χ2n) is 1.79. The summed E-state index contributed by atoms with van der Waals surface area (Å²) in [4.78, 5) is 0. The molecule has 0 rings (SSSR count). The Morgan fingerprint density at radius 2 is 1.80 bits per heavy atom. The fourth-order valence-corrected chi connectivity index (χ4v) is 0.982. The molecule has 2 N–H and O–H groups in total. The Bertz CT molecular complexity index is 168. The molecule has 0 atom stereocenters. The van der Waals surface area contributed by atoms with Crippen LogP contribution in [0.4, 0.5) is 0 Å². The highest BCUT2D eigenvalue weighted by molar-refractivity contribution is 7.86. The molecular formula is C4H10O5S. The number of hydrogen-bond donors (Lipinski definition) is 2. The lowest BCUT2D eigenvalue weighted by molar-refractivity contribution is 0.0682. The van der Waals surface area contributed by atoms with Gasteiger partial charge in [0.15, 0.2) is 0 Å². The smallest absolute Gasteiger partial charge is 0.264 e. The molecule has 62 valence electrons. The fraction of sp³-hybridized carbons (Fsp3) is 1.00. The molecule has 0 fully saturated rings. The first-order valence-electron chi connectivity index (χ1n) is 2.59. The Morgan fingerprint density at radius 1 is 1.40 bits per heavy atom. The van der Waals surface area contributed by atoms with E-state index in [1.54, 1.807) is 0 Å². The van der Waals surface area contributed by atoms with Gasteiger partial charge < -0.3 is 10.2 Å². The summed E-state index contributed by atoms with van der Waals surface area (Å²) in [6, 6.07) is 0. The summed E-state index contributed by atoms with van der Waals surface area (Å²) in [7, 11) is -3.57. The molecule has 0 heterocycles. The van der Waals surface area contributed by atoms with Gasteiger partial charge in [0.05, 0.1) is 19.5 Å². The van der Waals surface area contributed by atoms with Gasteiger partial charge in [0.1, 0.15) is 6.10 Å². The molecule has 0 aliphatic rings. The topological polar surface area (TPSA) is 83.8 Å². The molecule has 0 bridgehead atoms. The van der Waals surface area contributed by atoms with E-state index >= 15 is 0 Å². The molecule has 0 saturated heterocycles. The van der Waals surface area contributed by atoms with Gasteiger partial charge in [-0.25, -0.2) is 0 Å². The summed E-state index contributed by atoms with van der Waals surface area (Å²) in [6.07, 6.45) is -0.180. The highest BCUT2D eigenvalue weighted by Crippen LogP contribution is 1.94. The van der Waals surface area contributed by atoms with Crippen LogP contribution < -0.4 is 0 Å². The normalized spacial score (nSPS) is 12.4. The molecule has 0 aliphatic heterocycles. The maximum atomic E-state index is 10.3. The fourth-order valence-electron chi connectivity index (χ4n) is 0.366. The Hall–Kier alpha value is -0.170. The van der Waals surface area contributed by atoms with Crippen LogP contribution in [-0.2, 0) is 14.3 Å². The van der Waals surface area contributed by atoms with Crippen molar-refractivity contribution in [1.82, 2.24) is 0 Å². The molecule has 0 aromatic carbocycles. The van der Waals surface area contributed by atoms with E-state index in [0.717, 1.165) is 6.26 Å². The number of aliphatic hydroxyl groups is 2. The summed E-state index contributed by atoms with van der Waals surface area (Å²) in [5, 5.41) is 16.7. The molecule has 0 amide bonds. The third kappa shape index (κ3) is 4.68.